The molecule has 0 atom stereocenters. The second-order valence-electron chi connectivity index (χ2n) is 8.84. The molecule has 0 saturated carbocycles. The lowest BCUT2D eigenvalue weighted by Gasteiger charge is -2.21. The number of aromatic nitrogens is 6. The van der Waals surface area contributed by atoms with E-state index >= 15 is 0 Å². The molecule has 4 N–H and O–H groups in total. The predicted octanol–water partition coefficient (Wildman–Crippen LogP) is -1.04. The topological polar surface area (TPSA) is 152 Å². The Balaban J connectivity index is 1.74. The summed E-state index contributed by atoms with van der Waals surface area (Å²) in [6, 6.07) is 7.22. The van der Waals surface area contributed by atoms with E-state index in [0.29, 0.717) is 33.8 Å². The molecule has 4 aromatic rings. The number of para-hydroxylation sites is 1. The number of nitrogens with one attached hydrogen (secondary N) is 3. The first-order valence-electron chi connectivity index (χ1n) is 11.0. The lowest BCUT2D eigenvalue weighted by molar-refractivity contribution is 0.0947. The van der Waals surface area contributed by atoms with Crippen LogP contribution < -0.4 is 20.7 Å². The maximum absolute atomic E-state index is 13.1. The largest absolute Gasteiger partial charge is 0.494 e. The first-order valence-corrected chi connectivity index (χ1v) is 11.8. The van der Waals surface area contributed by atoms with Gasteiger partial charge in [-0.3, -0.25) is 4.79 Å². The summed E-state index contributed by atoms with van der Waals surface area (Å²) in [5, 5.41) is 35.5. The predicted molar refractivity (Wildman–Crippen MR) is 145 cm³/mol. The standard InChI is InChI=1S/C20H24B3N9O3S/c1-32-25-8-15(31-32)27-14-6-13(16(30-29-14)18(34)28-20(21,22)23)26-12-5-3-4-11(17(12)35-2)19-24-7-10(9-33)36-19/h3-8,33H,9,21-23H2,1-2H3,(H,28,34)(H2,26,27,29,31). The Morgan fingerprint density at radius 1 is 1.17 bits per heavy atom. The molecule has 0 saturated heterocycles. The third kappa shape index (κ3) is 5.83. The van der Waals surface area contributed by atoms with Gasteiger partial charge in [0.05, 0.1) is 41.7 Å². The van der Waals surface area contributed by atoms with E-state index in [2.05, 4.69) is 41.3 Å². The number of nitrogens with zero attached hydrogens (tertiary/aromatic N) is 6. The van der Waals surface area contributed by atoms with Crippen LogP contribution in [0.25, 0.3) is 10.6 Å². The maximum Gasteiger partial charge on any atom is 0.272 e. The van der Waals surface area contributed by atoms with Crippen LogP contribution in [0, 0.1) is 0 Å². The molecule has 0 fully saturated rings. The number of carbonyl (C=O) groups excluding carboxylic acids is 1. The summed E-state index contributed by atoms with van der Waals surface area (Å²) in [6.07, 6.45) is 3.18. The molecular weight excluding hydrogens is 479 g/mol. The normalized spacial score (nSPS) is 11.2. The van der Waals surface area contributed by atoms with Gasteiger partial charge >= 0.3 is 0 Å². The maximum atomic E-state index is 13.1. The Kier molecular flexibility index (Phi) is 7.26. The lowest BCUT2D eigenvalue weighted by atomic mass is 9.49. The van der Waals surface area contributed by atoms with Crippen molar-refractivity contribution < 1.29 is 14.6 Å². The Morgan fingerprint density at radius 3 is 2.61 bits per heavy atom. The molecule has 0 spiro atoms. The van der Waals surface area contributed by atoms with E-state index in [4.69, 9.17) is 4.74 Å². The molecule has 0 unspecified atom stereocenters. The van der Waals surface area contributed by atoms with Gasteiger partial charge in [0, 0.05) is 19.3 Å². The molecule has 0 radical (unpaired) electrons. The molecule has 16 heteroatoms. The zero-order chi connectivity index (χ0) is 25.9. The fraction of sp³-hybridized carbons (Fsp3) is 0.200. The van der Waals surface area contributed by atoms with Crippen molar-refractivity contribution in [2.45, 2.75) is 11.8 Å². The minimum atomic E-state index is -0.473. The first kappa shape index (κ1) is 25.2. The summed E-state index contributed by atoms with van der Waals surface area (Å²) in [6.45, 7) is -0.0889. The van der Waals surface area contributed by atoms with Crippen LogP contribution in [-0.4, -0.2) is 77.1 Å². The molecular formula is C20H24B3N9O3S. The van der Waals surface area contributed by atoms with Gasteiger partial charge in [0.15, 0.2) is 23.1 Å². The Morgan fingerprint density at radius 2 is 1.97 bits per heavy atom. The van der Waals surface area contributed by atoms with E-state index in [0.717, 1.165) is 10.4 Å². The number of benzene rings is 1. The van der Waals surface area contributed by atoms with E-state index < -0.39 is 5.24 Å². The van der Waals surface area contributed by atoms with Gasteiger partial charge in [0.25, 0.3) is 5.91 Å². The van der Waals surface area contributed by atoms with Gasteiger partial charge in [-0.05, 0) is 17.4 Å². The zero-order valence-electron chi connectivity index (χ0n) is 20.5. The number of hydrogen-bond acceptors (Lipinski definition) is 11. The highest BCUT2D eigenvalue weighted by atomic mass is 32.1. The van der Waals surface area contributed by atoms with Crippen molar-refractivity contribution in [3.05, 3.63) is 47.2 Å². The molecule has 1 amide bonds. The SMILES string of the molecule is BC(B)(B)NC(=O)c1nnc(Nc2cnn(C)n2)cc1Nc1cccc(-c2ncc(CO)s2)c1OC. The Labute approximate surface area is 214 Å². The van der Waals surface area contributed by atoms with E-state index in [1.54, 1.807) is 32.6 Å². The summed E-state index contributed by atoms with van der Waals surface area (Å²) in [5.41, 5.74) is 1.86. The molecule has 3 aromatic heterocycles. The number of aliphatic hydroxyl groups excluding tert-OH is 1. The molecule has 3 heterocycles. The van der Waals surface area contributed by atoms with Crippen LogP contribution in [0.3, 0.4) is 0 Å². The number of amides is 1. The fourth-order valence-electron chi connectivity index (χ4n) is 3.32. The van der Waals surface area contributed by atoms with E-state index in [9.17, 15) is 9.90 Å². The molecule has 12 nitrogen and oxygen atoms in total. The number of aryl methyl sites for hydroxylation is 1. The number of anilines is 4. The van der Waals surface area contributed by atoms with Gasteiger partial charge in [0.2, 0.25) is 0 Å². The van der Waals surface area contributed by atoms with Gasteiger partial charge < -0.3 is 25.8 Å². The average molecular weight is 503 g/mol. The first-order chi connectivity index (χ1) is 17.2. The highest BCUT2D eigenvalue weighted by Gasteiger charge is 2.22. The van der Waals surface area contributed by atoms with Gasteiger partial charge in [-0.1, -0.05) is 6.07 Å². The lowest BCUT2D eigenvalue weighted by Crippen LogP contribution is -2.50. The second-order valence-corrected chi connectivity index (χ2v) is 9.96. The molecule has 4 rings (SSSR count). The minimum absolute atomic E-state index is 0.0889. The number of carbonyl (C=O) groups is 1. The van der Waals surface area contributed by atoms with Crippen molar-refractivity contribution in [3.63, 3.8) is 0 Å². The number of aliphatic hydroxyl groups is 1. The highest BCUT2D eigenvalue weighted by molar-refractivity contribution is 7.15. The van der Waals surface area contributed by atoms with Crippen LogP contribution >= 0.6 is 11.3 Å². The monoisotopic (exact) mass is 503 g/mol. The van der Waals surface area contributed by atoms with Crippen LogP contribution in [-0.2, 0) is 13.7 Å². The molecule has 0 aliphatic carbocycles. The zero-order valence-corrected chi connectivity index (χ0v) is 21.3. The third-order valence-electron chi connectivity index (χ3n) is 4.78. The van der Waals surface area contributed by atoms with Crippen molar-refractivity contribution in [3.8, 4) is 16.3 Å². The fourth-order valence-corrected chi connectivity index (χ4v) is 4.12. The third-order valence-corrected chi connectivity index (χ3v) is 5.80. The molecule has 1 aromatic carbocycles. The van der Waals surface area contributed by atoms with Crippen molar-refractivity contribution >= 4 is 63.8 Å². The number of rotatable bonds is 9. The van der Waals surface area contributed by atoms with Gasteiger partial charge in [0.1, 0.15) is 28.5 Å². The summed E-state index contributed by atoms with van der Waals surface area (Å²) in [7, 11) is 8.92. The summed E-state index contributed by atoms with van der Waals surface area (Å²) >= 11 is 1.37. The minimum Gasteiger partial charge on any atom is -0.494 e. The van der Waals surface area contributed by atoms with Crippen LogP contribution in [0.5, 0.6) is 5.75 Å². The van der Waals surface area contributed by atoms with Crippen LogP contribution in [0.15, 0.2) is 36.7 Å². The molecule has 36 heavy (non-hydrogen) atoms. The van der Waals surface area contributed by atoms with Crippen molar-refractivity contribution in [2.75, 3.05) is 17.7 Å². The smallest absolute Gasteiger partial charge is 0.272 e. The van der Waals surface area contributed by atoms with Gasteiger partial charge in [-0.15, -0.1) is 26.6 Å². The summed E-state index contributed by atoms with van der Waals surface area (Å²) in [5.74, 6) is 0.991. The molecule has 0 aliphatic rings. The number of ether oxygens (including phenoxy) is 1. The Bertz CT molecular complexity index is 1390. The second kappa shape index (κ2) is 10.4. The van der Waals surface area contributed by atoms with E-state index in [1.165, 1.54) is 16.1 Å². The van der Waals surface area contributed by atoms with Crippen molar-refractivity contribution in [1.82, 2.24) is 35.5 Å². The number of thiazole rings is 1. The van der Waals surface area contributed by atoms with Gasteiger partial charge in [-0.2, -0.15) is 9.90 Å². The molecule has 182 valence electrons. The van der Waals surface area contributed by atoms with Crippen molar-refractivity contribution in [1.29, 1.82) is 0 Å². The quantitative estimate of drug-likeness (QED) is 0.209. The summed E-state index contributed by atoms with van der Waals surface area (Å²) < 4.78 is 5.72. The average Bonchev–Trinajstić information content (AvgIpc) is 3.46. The highest BCUT2D eigenvalue weighted by Crippen LogP contribution is 2.40. The van der Waals surface area contributed by atoms with Crippen LogP contribution in [0.2, 0.25) is 0 Å². The van der Waals surface area contributed by atoms with Crippen molar-refractivity contribution in [2.24, 2.45) is 7.05 Å². The Hall–Kier alpha value is -3.91. The van der Waals surface area contributed by atoms with Crippen LogP contribution in [0.4, 0.5) is 23.0 Å². The molecule has 0 aliphatic heterocycles. The van der Waals surface area contributed by atoms with Gasteiger partial charge in [-0.25, -0.2) is 4.98 Å². The number of methoxy groups -OCH3 is 1. The number of hydrogen-bond donors (Lipinski definition) is 4. The summed E-state index contributed by atoms with van der Waals surface area (Å²) in [4.78, 5) is 19.6. The molecule has 0 bridgehead atoms. The van der Waals surface area contributed by atoms with Crippen LogP contribution in [0.1, 0.15) is 15.4 Å². The van der Waals surface area contributed by atoms with E-state index in [1.807, 2.05) is 41.7 Å². The van der Waals surface area contributed by atoms with E-state index in [-0.39, 0.29) is 18.2 Å².